The van der Waals surface area contributed by atoms with Crippen LogP contribution < -0.4 is 31.9 Å². The van der Waals surface area contributed by atoms with Crippen LogP contribution in [0.3, 0.4) is 0 Å². The normalized spacial score (nSPS) is 16.5. The average Bonchev–Trinajstić information content (AvgIpc) is 3.87. The van der Waals surface area contributed by atoms with E-state index in [1.807, 2.05) is 19.1 Å². The molecule has 1 unspecified atom stereocenters. The van der Waals surface area contributed by atoms with Crippen molar-refractivity contribution in [2.24, 2.45) is 10.7 Å². The first-order chi connectivity index (χ1) is 37.6. The number of likely N-dealkylation sites (tertiary alicyclic amines) is 2. The quantitative estimate of drug-likeness (QED) is 0.0118. The van der Waals surface area contributed by atoms with Crippen LogP contribution in [0.25, 0.3) is 0 Å². The zero-order valence-corrected chi connectivity index (χ0v) is 51.1. The van der Waals surface area contributed by atoms with Crippen molar-refractivity contribution in [2.75, 3.05) is 89.6 Å². The van der Waals surface area contributed by atoms with Crippen LogP contribution in [0.1, 0.15) is 96.7 Å². The van der Waals surface area contributed by atoms with E-state index in [0.29, 0.717) is 21.5 Å². The number of carbonyl (C=O) groups excluding carboxylic acids is 2. The van der Waals surface area contributed by atoms with Gasteiger partial charge in [-0.1, -0.05) is 82.0 Å². The molecule has 79 heavy (non-hydrogen) atoms. The Morgan fingerprint density at radius 2 is 1.20 bits per heavy atom. The van der Waals surface area contributed by atoms with Crippen molar-refractivity contribution in [2.45, 2.75) is 83.2 Å². The topological polar surface area (TPSA) is 235 Å². The molecule has 4 aromatic carbocycles. The second-order valence-corrected chi connectivity index (χ2v) is 23.2. The maximum atomic E-state index is 13.0. The van der Waals surface area contributed by atoms with Crippen molar-refractivity contribution in [1.29, 1.82) is 0 Å². The van der Waals surface area contributed by atoms with Crippen molar-refractivity contribution < 1.29 is 19.4 Å². The Bertz CT molecular complexity index is 2900. The third kappa shape index (κ3) is 18.2. The Morgan fingerprint density at radius 1 is 0.747 bits per heavy atom. The second kappa shape index (κ2) is 31.3. The molecule has 9 rings (SSSR count). The number of rotatable bonds is 14. The van der Waals surface area contributed by atoms with Crippen LogP contribution in [0, 0.1) is 20.2 Å². The molecule has 5 aromatic rings. The number of carbonyl (C=O) groups is 2. The van der Waals surface area contributed by atoms with E-state index in [2.05, 4.69) is 92.5 Å². The van der Waals surface area contributed by atoms with Crippen molar-refractivity contribution in [3.8, 4) is 0 Å². The molecule has 1 aromatic heterocycles. The number of nitrogen functional groups attached to an aromatic ring is 1. The predicted octanol–water partition coefficient (Wildman–Crippen LogP) is 12.5. The zero-order valence-electron chi connectivity index (χ0n) is 44.1. The summed E-state index contributed by atoms with van der Waals surface area (Å²) in [7, 11) is 0. The van der Waals surface area contributed by atoms with Crippen LogP contribution in [-0.2, 0) is 0 Å². The van der Waals surface area contributed by atoms with E-state index in [1.165, 1.54) is 144 Å². The number of Topliss-reactive ketones (excluding diaryl/α,β-unsaturated/α-hetero) is 1. The lowest BCUT2D eigenvalue weighted by Crippen LogP contribution is -2.46. The first-order valence-electron chi connectivity index (χ1n) is 26.1. The molecule has 0 bridgehead atoms. The van der Waals surface area contributed by atoms with E-state index in [4.69, 9.17) is 46.9 Å². The number of nitro groups is 2. The molecule has 0 saturated carbocycles. The molecule has 4 aliphatic rings. The number of nitrogens with zero attached hydrogens (tertiary/aromatic N) is 8. The number of aliphatic imine (C=N–C) groups is 1. The van der Waals surface area contributed by atoms with Crippen LogP contribution in [0.5, 0.6) is 0 Å². The molecule has 424 valence electrons. The molecule has 0 amide bonds. The predicted molar refractivity (Wildman–Crippen MR) is 339 cm³/mol. The lowest BCUT2D eigenvalue weighted by Gasteiger charge is -2.41. The molecule has 4 fully saturated rings. The van der Waals surface area contributed by atoms with Crippen LogP contribution >= 0.6 is 84.3 Å². The summed E-state index contributed by atoms with van der Waals surface area (Å²) >= 11 is 22.3. The highest BCUT2D eigenvalue weighted by Crippen LogP contribution is 2.34. The first-order valence-corrected chi connectivity index (χ1v) is 30.2. The maximum Gasteiger partial charge on any atom is 0.288 e. The van der Waals surface area contributed by atoms with Gasteiger partial charge in [-0.05, 0) is 168 Å². The second-order valence-electron chi connectivity index (χ2n) is 19.1. The zero-order chi connectivity index (χ0) is 55.7. The molecule has 5 heterocycles. The number of nitro benzene ring substituents is 2. The molecular formula is C54H68BrCl2N12O6PS3. The highest BCUT2D eigenvalue weighted by molar-refractivity contribution is 9.09. The summed E-state index contributed by atoms with van der Waals surface area (Å²) in [4.78, 5) is 63.6. The van der Waals surface area contributed by atoms with Gasteiger partial charge in [0.1, 0.15) is 20.7 Å². The number of thiocarbonyl (C=S) groups is 1. The standard InChI is InChI=1S/C26H29ClN6O3S.C20H31N5S2.C8H5BrClNO3.H3P/c27-21-9-4-17(16-22(21)33(35)36)23(34)24-25(28)30-26(37-24)29-18-5-7-19(8-6-18)32-14-10-20(11-15-32)31-12-2-1-3-13-31;1-2-27-19(21)23-20(26)22-16-6-8-17(9-7-16)25-14-10-18(11-15-25)24-12-4-3-5-13-24;9-4-8(12)5-1-2-6(10)7(3-5)11(13)14;/h4-9,16,20H,1-3,10-15,28H2,(H,29,30);6-9,18H,2-5,10-15H2,1H3,(H3,21,22,23,26);1-3H,4H2;1H3. The minimum absolute atomic E-state index is 0. The van der Waals surface area contributed by atoms with Gasteiger partial charge in [-0.3, -0.25) is 29.8 Å². The summed E-state index contributed by atoms with van der Waals surface area (Å²) in [5.74, 6) is 0.306. The van der Waals surface area contributed by atoms with E-state index in [9.17, 15) is 29.8 Å². The number of thiazole rings is 1. The molecular weight excluding hydrogens is 1190 g/mol. The van der Waals surface area contributed by atoms with Crippen molar-refractivity contribution in [3.63, 3.8) is 0 Å². The van der Waals surface area contributed by atoms with Gasteiger partial charge in [0, 0.05) is 84.3 Å². The Balaban J connectivity index is 0.000000210. The van der Waals surface area contributed by atoms with Crippen LogP contribution in [0.4, 0.5) is 45.1 Å². The minimum Gasteiger partial charge on any atom is -0.382 e. The summed E-state index contributed by atoms with van der Waals surface area (Å²) in [6.07, 6.45) is 13.1. The number of piperidine rings is 4. The number of ketones is 2. The number of thioether (sulfide) groups is 1. The van der Waals surface area contributed by atoms with E-state index in [0.717, 1.165) is 66.8 Å². The number of halogens is 3. The summed E-state index contributed by atoms with van der Waals surface area (Å²) in [5, 5.41) is 29.5. The minimum atomic E-state index is -0.622. The van der Waals surface area contributed by atoms with Gasteiger partial charge in [-0.25, -0.2) is 4.98 Å². The number of nitrogens with one attached hydrogen (secondary N) is 2. The fraction of sp³-hybridized carbons (Fsp3) is 0.426. The summed E-state index contributed by atoms with van der Waals surface area (Å²) in [5.41, 5.74) is 15.9. The number of aromatic nitrogens is 1. The van der Waals surface area contributed by atoms with Crippen LogP contribution in [0.2, 0.25) is 10.0 Å². The number of hydrogen-bond acceptors (Lipinski definition) is 16. The summed E-state index contributed by atoms with van der Waals surface area (Å²) in [6.45, 7) is 11.5. The largest absolute Gasteiger partial charge is 0.382 e. The molecule has 25 heteroatoms. The lowest BCUT2D eigenvalue weighted by molar-refractivity contribution is -0.384. The third-order valence-electron chi connectivity index (χ3n) is 14.1. The molecule has 18 nitrogen and oxygen atoms in total. The van der Waals surface area contributed by atoms with Gasteiger partial charge < -0.3 is 41.7 Å². The summed E-state index contributed by atoms with van der Waals surface area (Å²) in [6, 6.07) is 26.0. The van der Waals surface area contributed by atoms with Crippen LogP contribution in [-0.4, -0.2) is 122 Å². The molecule has 0 radical (unpaired) electrons. The first kappa shape index (κ1) is 63.2. The van der Waals surface area contributed by atoms with Gasteiger partial charge in [-0.15, -0.1) is 0 Å². The van der Waals surface area contributed by atoms with Crippen molar-refractivity contribution >= 4 is 151 Å². The number of alkyl halides is 1. The van der Waals surface area contributed by atoms with E-state index < -0.39 is 15.6 Å². The fourth-order valence-electron chi connectivity index (χ4n) is 9.99. The van der Waals surface area contributed by atoms with Crippen LogP contribution in [0.15, 0.2) is 89.9 Å². The van der Waals surface area contributed by atoms with Gasteiger partial charge in [0.15, 0.2) is 21.2 Å². The SMILES string of the molecule is CCSC(N)=NC(=S)Nc1ccc(N2CCC(N3CCCCC3)CC2)cc1.Nc1nc(Nc2ccc(N3CCC(N4CCCCC4)CC3)cc2)sc1C(=O)c1ccc(Cl)c([N+](=O)[O-])c1.O=C(CBr)c1ccc(Cl)c([N+](=O)[O-])c1.P. The van der Waals surface area contributed by atoms with Crippen molar-refractivity contribution in [3.05, 3.63) is 131 Å². The van der Waals surface area contributed by atoms with Gasteiger partial charge in [0.05, 0.1) is 15.2 Å². The maximum absolute atomic E-state index is 13.0. The molecule has 0 spiro atoms. The fourth-order valence-corrected chi connectivity index (χ4v) is 12.3. The molecule has 0 aliphatic carbocycles. The highest BCUT2D eigenvalue weighted by Gasteiger charge is 2.28. The monoisotopic (exact) mass is 1260 g/mol. The molecule has 4 saturated heterocycles. The molecule has 4 aliphatic heterocycles. The lowest BCUT2D eigenvalue weighted by atomic mass is 9.99. The van der Waals surface area contributed by atoms with Crippen molar-refractivity contribution in [1.82, 2.24) is 14.8 Å². The Hall–Kier alpha value is -5.03. The van der Waals surface area contributed by atoms with E-state index in [1.54, 1.807) is 0 Å². The number of amidine groups is 1. The number of anilines is 6. The Kier molecular flexibility index (Phi) is 25.0. The van der Waals surface area contributed by atoms with E-state index >= 15 is 0 Å². The average molecular weight is 1260 g/mol. The number of hydrogen-bond donors (Lipinski definition) is 4. The molecule has 1 atom stereocenters. The van der Waals surface area contributed by atoms with Gasteiger partial charge in [0.25, 0.3) is 11.4 Å². The van der Waals surface area contributed by atoms with Gasteiger partial charge in [0.2, 0.25) is 5.78 Å². The van der Waals surface area contributed by atoms with Gasteiger partial charge >= 0.3 is 0 Å². The third-order valence-corrected chi connectivity index (χ3v) is 17.1. The van der Waals surface area contributed by atoms with Gasteiger partial charge in [-0.2, -0.15) is 14.9 Å². The number of benzene rings is 4. The number of nitrogens with two attached hydrogens (primary N) is 2. The van der Waals surface area contributed by atoms with E-state index in [-0.39, 0.29) is 64.3 Å². The molecule has 6 N–H and O–H groups in total. The summed E-state index contributed by atoms with van der Waals surface area (Å²) < 4.78 is 0. The Morgan fingerprint density at radius 3 is 1.66 bits per heavy atom. The smallest absolute Gasteiger partial charge is 0.288 e. The Labute approximate surface area is 496 Å². The highest BCUT2D eigenvalue weighted by atomic mass is 79.9.